The van der Waals surface area contributed by atoms with E-state index >= 15 is 0 Å². The summed E-state index contributed by atoms with van der Waals surface area (Å²) in [6.45, 7) is 4.90. The summed E-state index contributed by atoms with van der Waals surface area (Å²) in [5.41, 5.74) is 3.66. The summed E-state index contributed by atoms with van der Waals surface area (Å²) >= 11 is 0. The maximum Gasteiger partial charge on any atom is 0.175 e. The first-order valence-electron chi connectivity index (χ1n) is 7.82. The summed E-state index contributed by atoms with van der Waals surface area (Å²) in [6, 6.07) is 15.9. The van der Waals surface area contributed by atoms with E-state index in [0.29, 0.717) is 4.90 Å². The fourth-order valence-corrected chi connectivity index (χ4v) is 3.69. The van der Waals surface area contributed by atoms with Crippen LogP contribution in [0, 0.1) is 0 Å². The Balaban J connectivity index is 1.92. The van der Waals surface area contributed by atoms with Crippen LogP contribution in [0.25, 0.3) is 0 Å². The molecule has 0 aliphatic carbocycles. The minimum absolute atomic E-state index is 0.185. The number of hydrogen-bond acceptors (Lipinski definition) is 4. The minimum atomic E-state index is -3.15. The number of rotatable bonds is 3. The second-order valence-electron chi connectivity index (χ2n) is 6.02. The highest BCUT2D eigenvalue weighted by molar-refractivity contribution is 7.90. The lowest BCUT2D eigenvalue weighted by atomic mass is 10.0. The van der Waals surface area contributed by atoms with Crippen molar-refractivity contribution < 1.29 is 8.42 Å². The lowest BCUT2D eigenvalue weighted by Gasteiger charge is -2.31. The highest BCUT2D eigenvalue weighted by atomic mass is 32.2. The summed E-state index contributed by atoms with van der Waals surface area (Å²) in [6.07, 6.45) is 1.24. The van der Waals surface area contributed by atoms with Crippen molar-refractivity contribution in [3.63, 3.8) is 0 Å². The number of para-hydroxylation sites is 1. The quantitative estimate of drug-likeness (QED) is 0.940. The first-order valence-corrected chi connectivity index (χ1v) is 9.71. The van der Waals surface area contributed by atoms with Crippen LogP contribution in [-0.4, -0.2) is 27.8 Å². The fraction of sp³-hybridized carbons (Fsp3) is 0.333. The normalized spacial score (nSPS) is 16.5. The predicted molar refractivity (Wildman–Crippen MR) is 93.5 cm³/mol. The van der Waals surface area contributed by atoms with Gasteiger partial charge in [-0.2, -0.15) is 0 Å². The smallest absolute Gasteiger partial charge is 0.175 e. The van der Waals surface area contributed by atoms with Gasteiger partial charge in [-0.3, -0.25) is 0 Å². The molecule has 4 nitrogen and oxygen atoms in total. The van der Waals surface area contributed by atoms with Crippen LogP contribution in [0.5, 0.6) is 0 Å². The molecule has 1 N–H and O–H groups in total. The second kappa shape index (κ2) is 6.34. The molecule has 0 fully saturated rings. The molecule has 23 heavy (non-hydrogen) atoms. The topological polar surface area (TPSA) is 49.4 Å². The molecule has 122 valence electrons. The van der Waals surface area contributed by atoms with Crippen LogP contribution in [0.2, 0.25) is 0 Å². The summed E-state index contributed by atoms with van der Waals surface area (Å²) in [5.74, 6) is 0. The molecule has 0 bridgehead atoms. The third kappa shape index (κ3) is 3.41. The summed E-state index contributed by atoms with van der Waals surface area (Å²) in [4.78, 5) is 2.75. The van der Waals surface area contributed by atoms with Gasteiger partial charge in [-0.05, 0) is 36.2 Å². The molecule has 0 spiro atoms. The highest BCUT2D eigenvalue weighted by Gasteiger charge is 2.21. The molecule has 3 rings (SSSR count). The molecular weight excluding hydrogens is 308 g/mol. The van der Waals surface area contributed by atoms with E-state index in [9.17, 15) is 8.42 Å². The van der Waals surface area contributed by atoms with Gasteiger partial charge in [0, 0.05) is 31.6 Å². The van der Waals surface area contributed by atoms with Crippen LogP contribution >= 0.6 is 0 Å². The van der Waals surface area contributed by atoms with E-state index in [1.54, 1.807) is 12.1 Å². The molecule has 1 unspecified atom stereocenters. The van der Waals surface area contributed by atoms with Gasteiger partial charge in [0.2, 0.25) is 0 Å². The molecule has 1 aliphatic heterocycles. The Hall–Kier alpha value is -1.85. The Bertz CT molecular complexity index is 785. The largest absolute Gasteiger partial charge is 0.363 e. The zero-order valence-corrected chi connectivity index (χ0v) is 14.3. The molecule has 0 aromatic heterocycles. The molecule has 1 atom stereocenters. The van der Waals surface area contributed by atoms with E-state index in [4.69, 9.17) is 0 Å². The Labute approximate surface area is 138 Å². The number of benzene rings is 2. The monoisotopic (exact) mass is 330 g/mol. The predicted octanol–water partition coefficient (Wildman–Crippen LogP) is 2.76. The van der Waals surface area contributed by atoms with Crippen LogP contribution in [0.3, 0.4) is 0 Å². The van der Waals surface area contributed by atoms with E-state index in [1.165, 1.54) is 17.5 Å². The van der Waals surface area contributed by atoms with Crippen molar-refractivity contribution in [2.45, 2.75) is 24.4 Å². The number of sulfone groups is 1. The van der Waals surface area contributed by atoms with Gasteiger partial charge in [0.25, 0.3) is 0 Å². The third-order valence-electron chi connectivity index (χ3n) is 4.40. The van der Waals surface area contributed by atoms with Gasteiger partial charge in [-0.15, -0.1) is 0 Å². The fourth-order valence-electron chi connectivity index (χ4n) is 3.06. The Morgan fingerprint density at radius 1 is 1.09 bits per heavy atom. The Morgan fingerprint density at radius 3 is 2.48 bits per heavy atom. The maximum atomic E-state index is 11.6. The Morgan fingerprint density at radius 2 is 1.78 bits per heavy atom. The van der Waals surface area contributed by atoms with Crippen molar-refractivity contribution in [2.24, 2.45) is 0 Å². The first kappa shape index (κ1) is 16.0. The molecule has 1 heterocycles. The van der Waals surface area contributed by atoms with Gasteiger partial charge in [-0.25, -0.2) is 8.42 Å². The lowest BCUT2D eigenvalue weighted by Crippen LogP contribution is -2.31. The molecule has 0 saturated carbocycles. The number of nitrogens with zero attached hydrogens (tertiary/aromatic N) is 1. The molecule has 0 radical (unpaired) electrons. The van der Waals surface area contributed by atoms with Gasteiger partial charge in [-0.1, -0.05) is 30.3 Å². The van der Waals surface area contributed by atoms with Gasteiger partial charge in [0.1, 0.15) is 0 Å². The van der Waals surface area contributed by atoms with Crippen molar-refractivity contribution in [3.05, 3.63) is 59.7 Å². The average Bonchev–Trinajstić information content (AvgIpc) is 2.76. The molecule has 0 saturated heterocycles. The van der Waals surface area contributed by atoms with Gasteiger partial charge in [0.15, 0.2) is 9.84 Å². The SMILES string of the molecule is CC(c1ccc(S(C)(=O)=O)cc1)N1CCNCc2ccccc21. The number of fused-ring (bicyclic) bond motifs is 1. The van der Waals surface area contributed by atoms with Crippen molar-refractivity contribution in [1.29, 1.82) is 0 Å². The zero-order chi connectivity index (χ0) is 16.4. The van der Waals surface area contributed by atoms with Crippen molar-refractivity contribution in [2.75, 3.05) is 24.2 Å². The molecule has 2 aromatic rings. The minimum Gasteiger partial charge on any atom is -0.363 e. The van der Waals surface area contributed by atoms with Crippen LogP contribution in [0.1, 0.15) is 24.1 Å². The maximum absolute atomic E-state index is 11.6. The second-order valence-corrected chi connectivity index (χ2v) is 8.03. The first-order chi connectivity index (χ1) is 11.0. The van der Waals surface area contributed by atoms with Gasteiger partial charge in [0.05, 0.1) is 10.9 Å². The third-order valence-corrected chi connectivity index (χ3v) is 5.53. The zero-order valence-electron chi connectivity index (χ0n) is 13.5. The summed E-state index contributed by atoms with van der Waals surface area (Å²) in [7, 11) is -3.15. The van der Waals surface area contributed by atoms with Crippen LogP contribution in [0.4, 0.5) is 5.69 Å². The molecule has 2 aromatic carbocycles. The molecule has 0 amide bonds. The van der Waals surface area contributed by atoms with Crippen LogP contribution in [0.15, 0.2) is 53.4 Å². The van der Waals surface area contributed by atoms with E-state index in [-0.39, 0.29) is 6.04 Å². The molecule has 1 aliphatic rings. The summed E-state index contributed by atoms with van der Waals surface area (Å²) < 4.78 is 23.2. The number of nitrogens with one attached hydrogen (secondary N) is 1. The molecule has 5 heteroatoms. The van der Waals surface area contributed by atoms with Crippen molar-refractivity contribution in [3.8, 4) is 0 Å². The Kier molecular flexibility index (Phi) is 4.41. The van der Waals surface area contributed by atoms with Crippen molar-refractivity contribution in [1.82, 2.24) is 5.32 Å². The van der Waals surface area contributed by atoms with E-state index in [0.717, 1.165) is 25.2 Å². The lowest BCUT2D eigenvalue weighted by molar-refractivity contribution is 0.601. The standard InChI is InChI=1S/C18H22N2O2S/c1-14(15-7-9-17(10-8-15)23(2,21)22)20-12-11-19-13-16-5-3-4-6-18(16)20/h3-10,14,19H,11-13H2,1-2H3. The van der Waals surface area contributed by atoms with Crippen molar-refractivity contribution >= 4 is 15.5 Å². The molecular formula is C18H22N2O2S. The van der Waals surface area contributed by atoms with E-state index in [1.807, 2.05) is 12.1 Å². The van der Waals surface area contributed by atoms with Gasteiger partial charge < -0.3 is 10.2 Å². The average molecular weight is 330 g/mol. The van der Waals surface area contributed by atoms with Crippen LogP contribution < -0.4 is 10.2 Å². The summed E-state index contributed by atoms with van der Waals surface area (Å²) in [5, 5.41) is 3.45. The number of hydrogen-bond donors (Lipinski definition) is 1. The van der Waals surface area contributed by atoms with Gasteiger partial charge >= 0.3 is 0 Å². The number of anilines is 1. The van der Waals surface area contributed by atoms with E-state index < -0.39 is 9.84 Å². The van der Waals surface area contributed by atoms with Crippen LogP contribution in [-0.2, 0) is 16.4 Å². The van der Waals surface area contributed by atoms with E-state index in [2.05, 4.69) is 41.4 Å². The highest BCUT2D eigenvalue weighted by Crippen LogP contribution is 2.31.